The predicted octanol–water partition coefficient (Wildman–Crippen LogP) is 2.70. The highest BCUT2D eigenvalue weighted by Crippen LogP contribution is 2.30. The molecule has 0 bridgehead atoms. The fraction of sp³-hybridized carbons (Fsp3) is 0.538. The number of methoxy groups -OCH3 is 1. The summed E-state index contributed by atoms with van der Waals surface area (Å²) in [5.74, 6) is 1.28. The Balaban J connectivity index is 2.87. The zero-order chi connectivity index (χ0) is 12.8. The lowest BCUT2D eigenvalue weighted by molar-refractivity contribution is 0.399. The summed E-state index contributed by atoms with van der Waals surface area (Å²) >= 11 is 3.49. The number of benzene rings is 1. The van der Waals surface area contributed by atoms with Gasteiger partial charge in [-0.15, -0.1) is 0 Å². The lowest BCUT2D eigenvalue weighted by atomic mass is 9.91. The first kappa shape index (κ1) is 14.5. The minimum Gasteiger partial charge on any atom is -0.496 e. The van der Waals surface area contributed by atoms with E-state index in [2.05, 4.69) is 28.2 Å². The first-order chi connectivity index (χ1) is 8.13. The van der Waals surface area contributed by atoms with Crippen LogP contribution in [0.2, 0.25) is 0 Å². The zero-order valence-electron chi connectivity index (χ0n) is 10.7. The Hall–Kier alpha value is -0.580. The normalized spacial score (nSPS) is 14.4. The lowest BCUT2D eigenvalue weighted by Crippen LogP contribution is -2.29. The van der Waals surface area contributed by atoms with Crippen LogP contribution in [0.3, 0.4) is 0 Å². The third kappa shape index (κ3) is 3.69. The number of hydrogen-bond acceptors (Lipinski definition) is 3. The SMILES string of the molecule is CCC(CNC)C(N)c1ccc(OC)c(Br)c1. The van der Waals surface area contributed by atoms with Gasteiger partial charge in [-0.3, -0.25) is 0 Å². The molecule has 1 aromatic carbocycles. The molecule has 0 spiro atoms. The van der Waals surface area contributed by atoms with E-state index in [1.165, 1.54) is 0 Å². The van der Waals surface area contributed by atoms with Crippen molar-refractivity contribution in [2.24, 2.45) is 11.7 Å². The Bertz CT molecular complexity index is 357. The van der Waals surface area contributed by atoms with E-state index < -0.39 is 0 Å². The van der Waals surface area contributed by atoms with Gasteiger partial charge in [-0.2, -0.15) is 0 Å². The molecule has 2 atom stereocenters. The van der Waals surface area contributed by atoms with Gasteiger partial charge in [-0.05, 0) is 53.1 Å². The summed E-state index contributed by atoms with van der Waals surface area (Å²) in [5, 5.41) is 3.19. The summed E-state index contributed by atoms with van der Waals surface area (Å²) in [7, 11) is 3.62. The smallest absolute Gasteiger partial charge is 0.133 e. The van der Waals surface area contributed by atoms with Gasteiger partial charge in [0.05, 0.1) is 11.6 Å². The monoisotopic (exact) mass is 300 g/mol. The van der Waals surface area contributed by atoms with Gasteiger partial charge in [0.25, 0.3) is 0 Å². The Morgan fingerprint density at radius 1 is 1.47 bits per heavy atom. The second-order valence-corrected chi connectivity index (χ2v) is 5.00. The van der Waals surface area contributed by atoms with E-state index in [4.69, 9.17) is 10.5 Å². The Morgan fingerprint density at radius 3 is 2.65 bits per heavy atom. The van der Waals surface area contributed by atoms with E-state index in [0.29, 0.717) is 5.92 Å². The summed E-state index contributed by atoms with van der Waals surface area (Å²) < 4.78 is 6.17. The van der Waals surface area contributed by atoms with Gasteiger partial charge < -0.3 is 15.8 Å². The molecule has 3 nitrogen and oxygen atoms in total. The van der Waals surface area contributed by atoms with Crippen LogP contribution in [0.1, 0.15) is 24.9 Å². The standard InChI is InChI=1S/C13H21BrN2O/c1-4-9(8-16-2)13(15)10-5-6-12(17-3)11(14)7-10/h5-7,9,13,16H,4,8,15H2,1-3H3. The maximum absolute atomic E-state index is 6.29. The second-order valence-electron chi connectivity index (χ2n) is 4.15. The van der Waals surface area contributed by atoms with E-state index in [-0.39, 0.29) is 6.04 Å². The molecule has 1 aromatic rings. The molecule has 0 saturated carbocycles. The van der Waals surface area contributed by atoms with Crippen LogP contribution in [0.25, 0.3) is 0 Å². The van der Waals surface area contributed by atoms with Crippen LogP contribution in [0.5, 0.6) is 5.75 Å². The van der Waals surface area contributed by atoms with Gasteiger partial charge in [-0.25, -0.2) is 0 Å². The molecule has 0 amide bonds. The van der Waals surface area contributed by atoms with Crippen molar-refractivity contribution in [2.45, 2.75) is 19.4 Å². The third-order valence-corrected chi connectivity index (χ3v) is 3.68. The largest absolute Gasteiger partial charge is 0.496 e. The van der Waals surface area contributed by atoms with E-state index in [0.717, 1.165) is 28.8 Å². The van der Waals surface area contributed by atoms with Crippen LogP contribution in [0, 0.1) is 5.92 Å². The maximum Gasteiger partial charge on any atom is 0.133 e. The van der Waals surface area contributed by atoms with Crippen molar-refractivity contribution in [2.75, 3.05) is 20.7 Å². The van der Waals surface area contributed by atoms with Crippen LogP contribution in [-0.4, -0.2) is 20.7 Å². The van der Waals surface area contributed by atoms with Crippen LogP contribution < -0.4 is 15.8 Å². The molecule has 1 rings (SSSR count). The highest BCUT2D eigenvalue weighted by atomic mass is 79.9. The van der Waals surface area contributed by atoms with Gasteiger partial charge >= 0.3 is 0 Å². The summed E-state index contributed by atoms with van der Waals surface area (Å²) in [4.78, 5) is 0. The molecule has 3 N–H and O–H groups in total. The number of rotatable bonds is 6. The highest BCUT2D eigenvalue weighted by molar-refractivity contribution is 9.10. The molecule has 0 fully saturated rings. The van der Waals surface area contributed by atoms with Crippen LogP contribution >= 0.6 is 15.9 Å². The summed E-state index contributed by atoms with van der Waals surface area (Å²) in [5.41, 5.74) is 7.43. The first-order valence-electron chi connectivity index (χ1n) is 5.87. The number of ether oxygens (including phenoxy) is 1. The maximum atomic E-state index is 6.29. The topological polar surface area (TPSA) is 47.3 Å². The number of hydrogen-bond donors (Lipinski definition) is 2. The minimum absolute atomic E-state index is 0.0506. The molecule has 2 unspecified atom stereocenters. The zero-order valence-corrected chi connectivity index (χ0v) is 12.3. The average Bonchev–Trinajstić information content (AvgIpc) is 2.35. The molecule has 0 saturated heterocycles. The third-order valence-electron chi connectivity index (χ3n) is 3.06. The Labute approximate surface area is 112 Å². The van der Waals surface area contributed by atoms with E-state index >= 15 is 0 Å². The van der Waals surface area contributed by atoms with Crippen LogP contribution in [-0.2, 0) is 0 Å². The molecule has 0 aliphatic rings. The molecule has 4 heteroatoms. The molecule has 17 heavy (non-hydrogen) atoms. The lowest BCUT2D eigenvalue weighted by Gasteiger charge is -2.23. The number of nitrogens with two attached hydrogens (primary N) is 1. The van der Waals surface area contributed by atoms with Gasteiger partial charge in [0, 0.05) is 6.04 Å². The van der Waals surface area contributed by atoms with Crippen molar-refractivity contribution in [3.8, 4) is 5.75 Å². The molecular weight excluding hydrogens is 280 g/mol. The van der Waals surface area contributed by atoms with Crippen molar-refractivity contribution in [1.82, 2.24) is 5.32 Å². The molecule has 0 heterocycles. The van der Waals surface area contributed by atoms with Crippen molar-refractivity contribution >= 4 is 15.9 Å². The molecule has 96 valence electrons. The van der Waals surface area contributed by atoms with E-state index in [9.17, 15) is 0 Å². The minimum atomic E-state index is 0.0506. The molecule has 0 aromatic heterocycles. The summed E-state index contributed by atoms with van der Waals surface area (Å²) in [6, 6.07) is 6.08. The van der Waals surface area contributed by atoms with Gasteiger partial charge in [-0.1, -0.05) is 19.4 Å². The van der Waals surface area contributed by atoms with Crippen molar-refractivity contribution in [3.63, 3.8) is 0 Å². The summed E-state index contributed by atoms with van der Waals surface area (Å²) in [6.45, 7) is 3.10. The van der Waals surface area contributed by atoms with Crippen LogP contribution in [0.15, 0.2) is 22.7 Å². The number of halogens is 1. The van der Waals surface area contributed by atoms with Gasteiger partial charge in [0.2, 0.25) is 0 Å². The average molecular weight is 301 g/mol. The fourth-order valence-electron chi connectivity index (χ4n) is 1.95. The molecule has 0 aliphatic heterocycles. The quantitative estimate of drug-likeness (QED) is 0.849. The van der Waals surface area contributed by atoms with E-state index in [1.54, 1.807) is 7.11 Å². The number of nitrogens with one attached hydrogen (secondary N) is 1. The second kappa shape index (κ2) is 6.99. The van der Waals surface area contributed by atoms with Crippen molar-refractivity contribution < 1.29 is 4.74 Å². The van der Waals surface area contributed by atoms with Crippen molar-refractivity contribution in [1.29, 1.82) is 0 Å². The Kier molecular flexibility index (Phi) is 5.95. The van der Waals surface area contributed by atoms with Crippen molar-refractivity contribution in [3.05, 3.63) is 28.2 Å². The van der Waals surface area contributed by atoms with Gasteiger partial charge in [0.1, 0.15) is 5.75 Å². The van der Waals surface area contributed by atoms with E-state index in [1.807, 2.05) is 25.2 Å². The first-order valence-corrected chi connectivity index (χ1v) is 6.66. The highest BCUT2D eigenvalue weighted by Gasteiger charge is 2.18. The molecular formula is C13H21BrN2O. The summed E-state index contributed by atoms with van der Waals surface area (Å²) in [6.07, 6.45) is 1.06. The van der Waals surface area contributed by atoms with Gasteiger partial charge in [0.15, 0.2) is 0 Å². The van der Waals surface area contributed by atoms with Crippen LogP contribution in [0.4, 0.5) is 0 Å². The fourth-order valence-corrected chi connectivity index (χ4v) is 2.51. The molecule has 0 aliphatic carbocycles. The Morgan fingerprint density at radius 2 is 2.18 bits per heavy atom. The predicted molar refractivity (Wildman–Crippen MR) is 75.3 cm³/mol. The molecule has 0 radical (unpaired) electrons.